The minimum atomic E-state index is -0.619. The van der Waals surface area contributed by atoms with Gasteiger partial charge in [0.2, 0.25) is 5.91 Å². The average molecular weight is 463 g/mol. The van der Waals surface area contributed by atoms with Gasteiger partial charge in [-0.05, 0) is 61.5 Å². The van der Waals surface area contributed by atoms with Crippen LogP contribution in [0.15, 0.2) is 60.3 Å². The van der Waals surface area contributed by atoms with E-state index in [9.17, 15) is 18.8 Å². The first kappa shape index (κ1) is 21.0. The zero-order valence-corrected chi connectivity index (χ0v) is 18.2. The largest absolute Gasteiger partial charge is 0.352 e. The molecular formula is C24H19FN4O3S. The quantitative estimate of drug-likeness (QED) is 0.347. The molecule has 166 valence electrons. The van der Waals surface area contributed by atoms with E-state index < -0.39 is 17.6 Å². The van der Waals surface area contributed by atoms with Gasteiger partial charge in [0.25, 0.3) is 11.8 Å². The van der Waals surface area contributed by atoms with Crippen molar-refractivity contribution >= 4 is 57.7 Å². The van der Waals surface area contributed by atoms with Crippen LogP contribution in [0, 0.1) is 5.82 Å². The van der Waals surface area contributed by atoms with Gasteiger partial charge in [0.15, 0.2) is 5.11 Å². The Morgan fingerprint density at radius 2 is 1.88 bits per heavy atom. The molecule has 1 aliphatic heterocycles. The number of carbonyl (C=O) groups excluding carboxylic acids is 3. The van der Waals surface area contributed by atoms with E-state index in [2.05, 4.69) is 10.6 Å². The summed E-state index contributed by atoms with van der Waals surface area (Å²) in [7, 11) is 0. The Kier molecular flexibility index (Phi) is 5.26. The van der Waals surface area contributed by atoms with Gasteiger partial charge in [0.05, 0.1) is 5.69 Å². The molecular weight excluding hydrogens is 443 g/mol. The second kappa shape index (κ2) is 8.25. The van der Waals surface area contributed by atoms with Crippen LogP contribution in [0.3, 0.4) is 0 Å². The number of aromatic nitrogens is 1. The van der Waals surface area contributed by atoms with E-state index in [-0.39, 0.29) is 29.2 Å². The van der Waals surface area contributed by atoms with Crippen molar-refractivity contribution in [2.24, 2.45) is 0 Å². The van der Waals surface area contributed by atoms with Crippen molar-refractivity contribution in [3.63, 3.8) is 0 Å². The monoisotopic (exact) mass is 462 g/mol. The van der Waals surface area contributed by atoms with E-state index in [1.165, 1.54) is 30.3 Å². The maximum absolute atomic E-state index is 13.3. The molecule has 1 saturated heterocycles. The summed E-state index contributed by atoms with van der Waals surface area (Å²) < 4.78 is 15.1. The topological polar surface area (TPSA) is 83.4 Å². The molecule has 2 fully saturated rings. The molecule has 7 nitrogen and oxygen atoms in total. The number of benzene rings is 2. The first-order valence-corrected chi connectivity index (χ1v) is 10.9. The Bertz CT molecular complexity index is 1340. The molecule has 3 aromatic rings. The standard InChI is InChI=1S/C24H19FN4O3S/c25-15-5-9-17(10-6-15)29-23(32)19(22(31)27-24(29)33)11-14-12-28(13-21(30)26-16-7-8-16)20-4-2-1-3-18(14)20/h1-6,9-12,16H,7-8,13H2,(H,26,30)(H,27,31,33). The summed E-state index contributed by atoms with van der Waals surface area (Å²) in [5.41, 5.74) is 1.66. The summed E-state index contributed by atoms with van der Waals surface area (Å²) in [5, 5.41) is 6.21. The highest BCUT2D eigenvalue weighted by atomic mass is 32.1. The number of carbonyl (C=O) groups is 3. The van der Waals surface area contributed by atoms with Crippen LogP contribution in [0.5, 0.6) is 0 Å². The number of amides is 3. The molecule has 1 saturated carbocycles. The van der Waals surface area contributed by atoms with Crippen LogP contribution >= 0.6 is 12.2 Å². The summed E-state index contributed by atoms with van der Waals surface area (Å²) in [6, 6.07) is 13.0. The Labute approximate surface area is 193 Å². The fraction of sp³-hybridized carbons (Fsp3) is 0.167. The third-order valence-electron chi connectivity index (χ3n) is 5.56. The first-order chi connectivity index (χ1) is 15.9. The van der Waals surface area contributed by atoms with E-state index in [0.717, 1.165) is 28.6 Å². The summed E-state index contributed by atoms with van der Waals surface area (Å²) >= 11 is 5.19. The number of anilines is 1. The summed E-state index contributed by atoms with van der Waals surface area (Å²) in [5.74, 6) is -1.77. The molecule has 3 amide bonds. The number of hydrogen-bond donors (Lipinski definition) is 2. The van der Waals surface area contributed by atoms with Crippen LogP contribution in [-0.2, 0) is 20.9 Å². The number of halogens is 1. The van der Waals surface area contributed by atoms with Crippen molar-refractivity contribution in [3.8, 4) is 0 Å². The highest BCUT2D eigenvalue weighted by Crippen LogP contribution is 2.27. The van der Waals surface area contributed by atoms with Gasteiger partial charge >= 0.3 is 0 Å². The predicted octanol–water partition coefficient (Wildman–Crippen LogP) is 2.89. The Balaban J connectivity index is 1.51. The number of fused-ring (bicyclic) bond motifs is 1. The molecule has 1 aliphatic carbocycles. The number of nitrogens with one attached hydrogen (secondary N) is 2. The number of para-hydroxylation sites is 1. The zero-order valence-electron chi connectivity index (χ0n) is 17.4. The fourth-order valence-electron chi connectivity index (χ4n) is 3.81. The normalized spacial score (nSPS) is 17.5. The van der Waals surface area contributed by atoms with Gasteiger partial charge in [-0.3, -0.25) is 24.6 Å². The molecule has 9 heteroatoms. The summed E-state index contributed by atoms with van der Waals surface area (Å²) in [6.07, 6.45) is 5.24. The minimum Gasteiger partial charge on any atom is -0.352 e. The van der Waals surface area contributed by atoms with Gasteiger partial charge in [-0.2, -0.15) is 0 Å². The highest BCUT2D eigenvalue weighted by molar-refractivity contribution is 7.80. The van der Waals surface area contributed by atoms with Gasteiger partial charge in [-0.15, -0.1) is 0 Å². The van der Waals surface area contributed by atoms with Gasteiger partial charge in [0, 0.05) is 28.7 Å². The van der Waals surface area contributed by atoms with E-state index in [0.29, 0.717) is 11.3 Å². The maximum Gasteiger partial charge on any atom is 0.270 e. The first-order valence-electron chi connectivity index (χ1n) is 10.4. The fourth-order valence-corrected chi connectivity index (χ4v) is 4.10. The minimum absolute atomic E-state index is 0.0760. The van der Waals surface area contributed by atoms with Crippen molar-refractivity contribution in [2.75, 3.05) is 4.90 Å². The maximum atomic E-state index is 13.3. The molecule has 33 heavy (non-hydrogen) atoms. The molecule has 2 N–H and O–H groups in total. The zero-order chi connectivity index (χ0) is 23.1. The van der Waals surface area contributed by atoms with E-state index in [4.69, 9.17) is 12.2 Å². The van der Waals surface area contributed by atoms with Crippen LogP contribution < -0.4 is 15.5 Å². The molecule has 5 rings (SSSR count). The lowest BCUT2D eigenvalue weighted by molar-refractivity contribution is -0.123. The average Bonchev–Trinajstić information content (AvgIpc) is 3.53. The lowest BCUT2D eigenvalue weighted by Gasteiger charge is -2.28. The second-order valence-corrected chi connectivity index (χ2v) is 8.39. The van der Waals surface area contributed by atoms with Gasteiger partial charge in [-0.25, -0.2) is 4.39 Å². The predicted molar refractivity (Wildman–Crippen MR) is 126 cm³/mol. The summed E-state index contributed by atoms with van der Waals surface area (Å²) in [6.45, 7) is 0.131. The van der Waals surface area contributed by atoms with Crippen LogP contribution in [-0.4, -0.2) is 33.4 Å². The second-order valence-electron chi connectivity index (χ2n) is 8.01. The van der Waals surface area contributed by atoms with Crippen LogP contribution in [0.4, 0.5) is 10.1 Å². The Morgan fingerprint density at radius 3 is 2.61 bits per heavy atom. The van der Waals surface area contributed by atoms with Crippen molar-refractivity contribution in [3.05, 3.63) is 71.7 Å². The molecule has 0 spiro atoms. The van der Waals surface area contributed by atoms with E-state index in [1.54, 1.807) is 10.8 Å². The van der Waals surface area contributed by atoms with E-state index >= 15 is 0 Å². The molecule has 1 aromatic heterocycles. The molecule has 2 aromatic carbocycles. The number of hydrogen-bond acceptors (Lipinski definition) is 4. The molecule has 2 aliphatic rings. The Morgan fingerprint density at radius 1 is 1.15 bits per heavy atom. The van der Waals surface area contributed by atoms with Crippen LogP contribution in [0.1, 0.15) is 18.4 Å². The lowest BCUT2D eigenvalue weighted by atomic mass is 10.1. The lowest BCUT2D eigenvalue weighted by Crippen LogP contribution is -2.54. The van der Waals surface area contributed by atoms with E-state index in [1.807, 2.05) is 24.3 Å². The molecule has 0 bridgehead atoms. The van der Waals surface area contributed by atoms with Crippen LogP contribution in [0.2, 0.25) is 0 Å². The SMILES string of the molecule is O=C(Cn1cc(C=C2C(=O)NC(=S)N(c3ccc(F)cc3)C2=O)c2ccccc21)NC1CC1. The number of thiocarbonyl (C=S) groups is 1. The van der Waals surface area contributed by atoms with Crippen molar-refractivity contribution < 1.29 is 18.8 Å². The third-order valence-corrected chi connectivity index (χ3v) is 5.85. The van der Waals surface area contributed by atoms with Gasteiger partial charge < -0.3 is 9.88 Å². The molecule has 2 heterocycles. The molecule has 0 radical (unpaired) electrons. The number of rotatable bonds is 5. The number of nitrogens with zero attached hydrogens (tertiary/aromatic N) is 2. The van der Waals surface area contributed by atoms with Gasteiger partial charge in [0.1, 0.15) is 17.9 Å². The molecule has 0 unspecified atom stereocenters. The van der Waals surface area contributed by atoms with Crippen molar-refractivity contribution in [1.29, 1.82) is 0 Å². The summed E-state index contributed by atoms with van der Waals surface area (Å²) in [4.78, 5) is 39.4. The molecule has 0 atom stereocenters. The van der Waals surface area contributed by atoms with Crippen molar-refractivity contribution in [1.82, 2.24) is 15.2 Å². The van der Waals surface area contributed by atoms with Crippen LogP contribution in [0.25, 0.3) is 17.0 Å². The van der Waals surface area contributed by atoms with Gasteiger partial charge in [-0.1, -0.05) is 18.2 Å². The highest BCUT2D eigenvalue weighted by Gasteiger charge is 2.34. The smallest absolute Gasteiger partial charge is 0.270 e. The third kappa shape index (κ3) is 4.14. The van der Waals surface area contributed by atoms with Crippen molar-refractivity contribution in [2.45, 2.75) is 25.4 Å². The Hall–Kier alpha value is -3.85.